The molecule has 6 heteroatoms. The first-order valence-electron chi connectivity index (χ1n) is 17.0. The summed E-state index contributed by atoms with van der Waals surface area (Å²) in [4.78, 5) is 5.07. The van der Waals surface area contributed by atoms with Gasteiger partial charge in [-0.2, -0.15) is 0 Å². The fourth-order valence-electron chi connectivity index (χ4n) is 7.32. The van der Waals surface area contributed by atoms with Gasteiger partial charge in [0, 0.05) is 49.7 Å². The molecular formula is C45H31N3O3. The fourth-order valence-corrected chi connectivity index (χ4v) is 7.32. The van der Waals surface area contributed by atoms with E-state index in [1.807, 2.05) is 91.1 Å². The van der Waals surface area contributed by atoms with Crippen LogP contribution in [0.3, 0.4) is 0 Å². The lowest BCUT2D eigenvalue weighted by Crippen LogP contribution is -2.31. The number of aliphatic imine (C=N–C) groups is 1. The summed E-state index contributed by atoms with van der Waals surface area (Å²) in [6.07, 6.45) is 1.00. The molecule has 3 aromatic heterocycles. The number of hydrogen-bond donors (Lipinski definition) is 2. The standard InChI is InChI=1S/C45H31N3O3/c46-44(48-45(27-10-2-1-3-11-27)47-26-30-12-8-19-41-42(30)34-14-5-7-18-38(34)50-41)29-21-23-40-36(25-29)35-24-28(20-22-39(35)49-40)31-15-9-16-33-32-13-4-6-17-37(32)51-43(31)33/h1-26,44-45,48H,46H2. The molecule has 0 bridgehead atoms. The molecule has 244 valence electrons. The Bertz CT molecular complexity index is 2930. The lowest BCUT2D eigenvalue weighted by atomic mass is 9.99. The van der Waals surface area contributed by atoms with Crippen molar-refractivity contribution < 1.29 is 13.3 Å². The number of nitrogens with one attached hydrogen (secondary N) is 1. The summed E-state index contributed by atoms with van der Waals surface area (Å²) < 4.78 is 18.8. The van der Waals surface area contributed by atoms with Gasteiger partial charge in [-0.1, -0.05) is 109 Å². The molecule has 0 radical (unpaired) electrons. The van der Waals surface area contributed by atoms with Crippen molar-refractivity contribution >= 4 is 72.0 Å². The molecule has 7 aromatic carbocycles. The molecule has 3 heterocycles. The Morgan fingerprint density at radius 1 is 0.510 bits per heavy atom. The number of benzene rings is 7. The van der Waals surface area contributed by atoms with Crippen molar-refractivity contribution in [1.29, 1.82) is 0 Å². The Hall–Kier alpha value is -6.47. The van der Waals surface area contributed by atoms with Crippen LogP contribution < -0.4 is 11.1 Å². The molecule has 51 heavy (non-hydrogen) atoms. The van der Waals surface area contributed by atoms with Gasteiger partial charge in [-0.3, -0.25) is 10.3 Å². The van der Waals surface area contributed by atoms with Gasteiger partial charge < -0.3 is 19.0 Å². The SMILES string of the molecule is NC(NC(N=Cc1cccc2oc3ccccc3c12)c1ccccc1)c1ccc2oc3ccc(-c4cccc5c4oc4ccccc45)cc3c2c1. The van der Waals surface area contributed by atoms with E-state index < -0.39 is 12.3 Å². The second-order valence-corrected chi connectivity index (χ2v) is 12.9. The number of para-hydroxylation sites is 3. The third-order valence-corrected chi connectivity index (χ3v) is 9.82. The smallest absolute Gasteiger partial charge is 0.143 e. The monoisotopic (exact) mass is 661 g/mol. The van der Waals surface area contributed by atoms with Gasteiger partial charge in [0.15, 0.2) is 0 Å². The highest BCUT2D eigenvalue weighted by molar-refractivity contribution is 6.13. The van der Waals surface area contributed by atoms with Crippen LogP contribution in [0.1, 0.15) is 29.0 Å². The lowest BCUT2D eigenvalue weighted by molar-refractivity contribution is 0.467. The molecule has 0 fully saturated rings. The summed E-state index contributed by atoms with van der Waals surface area (Å²) in [7, 11) is 0. The van der Waals surface area contributed by atoms with E-state index in [-0.39, 0.29) is 0 Å². The Morgan fingerprint density at radius 3 is 2.02 bits per heavy atom. The lowest BCUT2D eigenvalue weighted by Gasteiger charge is -2.21. The quantitative estimate of drug-likeness (QED) is 0.131. The Balaban J connectivity index is 1.01. The molecule has 0 aliphatic heterocycles. The number of rotatable bonds is 7. The first-order valence-corrected chi connectivity index (χ1v) is 17.0. The van der Waals surface area contributed by atoms with Crippen molar-refractivity contribution in [3.8, 4) is 11.1 Å². The fraction of sp³-hybridized carbons (Fsp3) is 0.0444. The van der Waals surface area contributed by atoms with E-state index in [1.165, 1.54) is 0 Å². The highest BCUT2D eigenvalue weighted by Gasteiger charge is 2.19. The van der Waals surface area contributed by atoms with Crippen LogP contribution in [-0.4, -0.2) is 6.21 Å². The van der Waals surface area contributed by atoms with E-state index in [0.717, 1.165) is 93.6 Å². The highest BCUT2D eigenvalue weighted by Crippen LogP contribution is 2.39. The molecule has 2 unspecified atom stereocenters. The zero-order valence-electron chi connectivity index (χ0n) is 27.4. The molecule has 10 rings (SSSR count). The predicted molar refractivity (Wildman–Crippen MR) is 207 cm³/mol. The van der Waals surface area contributed by atoms with E-state index in [1.54, 1.807) is 0 Å². The van der Waals surface area contributed by atoms with Crippen molar-refractivity contribution in [2.45, 2.75) is 12.3 Å². The van der Waals surface area contributed by atoms with E-state index in [0.29, 0.717) is 0 Å². The van der Waals surface area contributed by atoms with Crippen LogP contribution in [0.25, 0.3) is 76.9 Å². The van der Waals surface area contributed by atoms with E-state index in [2.05, 4.69) is 72.0 Å². The predicted octanol–water partition coefficient (Wildman–Crippen LogP) is 11.4. The molecule has 3 N–H and O–H groups in total. The number of nitrogens with two attached hydrogens (primary N) is 1. The maximum Gasteiger partial charge on any atom is 0.143 e. The summed E-state index contributed by atoms with van der Waals surface area (Å²) in [6, 6.07) is 51.2. The van der Waals surface area contributed by atoms with Crippen LogP contribution in [0.4, 0.5) is 0 Å². The molecule has 0 spiro atoms. The molecule has 6 nitrogen and oxygen atoms in total. The van der Waals surface area contributed by atoms with Gasteiger partial charge >= 0.3 is 0 Å². The molecule has 0 aliphatic rings. The summed E-state index contributed by atoms with van der Waals surface area (Å²) in [5, 5.41) is 9.92. The van der Waals surface area contributed by atoms with Gasteiger partial charge in [0.05, 0.1) is 6.17 Å². The number of fused-ring (bicyclic) bond motifs is 9. The van der Waals surface area contributed by atoms with Crippen LogP contribution in [-0.2, 0) is 0 Å². The first kappa shape index (κ1) is 29.4. The van der Waals surface area contributed by atoms with Crippen LogP contribution in [0, 0.1) is 0 Å². The van der Waals surface area contributed by atoms with Gasteiger partial charge in [0.1, 0.15) is 39.7 Å². The zero-order chi connectivity index (χ0) is 33.9. The molecule has 10 aromatic rings. The number of nitrogens with zero attached hydrogens (tertiary/aromatic N) is 1. The Morgan fingerprint density at radius 2 is 1.16 bits per heavy atom. The van der Waals surface area contributed by atoms with Crippen molar-refractivity contribution in [1.82, 2.24) is 5.32 Å². The molecule has 0 amide bonds. The van der Waals surface area contributed by atoms with E-state index >= 15 is 0 Å². The summed E-state index contributed by atoms with van der Waals surface area (Å²) in [6.45, 7) is 0. The first-order chi connectivity index (χ1) is 25.2. The average Bonchev–Trinajstić information content (AvgIpc) is 3.87. The Kier molecular flexibility index (Phi) is 6.84. The van der Waals surface area contributed by atoms with Crippen molar-refractivity contribution in [3.63, 3.8) is 0 Å². The number of furan rings is 3. The molecule has 0 saturated carbocycles. The minimum absolute atomic E-state index is 0.401. The van der Waals surface area contributed by atoms with E-state index in [9.17, 15) is 0 Å². The maximum absolute atomic E-state index is 6.93. The minimum Gasteiger partial charge on any atom is -0.456 e. The van der Waals surface area contributed by atoms with Gasteiger partial charge in [0.25, 0.3) is 0 Å². The van der Waals surface area contributed by atoms with Crippen molar-refractivity contribution in [3.05, 3.63) is 168 Å². The molecular weight excluding hydrogens is 631 g/mol. The minimum atomic E-state index is -0.514. The van der Waals surface area contributed by atoms with Crippen LogP contribution >= 0.6 is 0 Å². The third kappa shape index (κ3) is 5.00. The molecule has 0 saturated heterocycles. The van der Waals surface area contributed by atoms with Gasteiger partial charge in [0.2, 0.25) is 0 Å². The zero-order valence-corrected chi connectivity index (χ0v) is 27.4. The summed E-state index contributed by atoms with van der Waals surface area (Å²) in [5.41, 5.74) is 17.0. The average molecular weight is 662 g/mol. The second-order valence-electron chi connectivity index (χ2n) is 12.9. The van der Waals surface area contributed by atoms with Crippen LogP contribution in [0.2, 0.25) is 0 Å². The van der Waals surface area contributed by atoms with Crippen molar-refractivity contribution in [2.75, 3.05) is 0 Å². The third-order valence-electron chi connectivity index (χ3n) is 9.82. The maximum atomic E-state index is 6.93. The normalized spacial score (nSPS) is 13.4. The van der Waals surface area contributed by atoms with E-state index in [4.69, 9.17) is 24.0 Å². The second kappa shape index (κ2) is 11.8. The highest BCUT2D eigenvalue weighted by atomic mass is 16.3. The van der Waals surface area contributed by atoms with Crippen LogP contribution in [0.15, 0.2) is 170 Å². The molecule has 0 aliphatic carbocycles. The number of hydrogen-bond acceptors (Lipinski definition) is 6. The van der Waals surface area contributed by atoms with Crippen molar-refractivity contribution in [2.24, 2.45) is 10.7 Å². The molecule has 2 atom stereocenters. The topological polar surface area (TPSA) is 89.8 Å². The summed E-state index contributed by atoms with van der Waals surface area (Å²) in [5.74, 6) is 0. The van der Waals surface area contributed by atoms with Gasteiger partial charge in [-0.15, -0.1) is 0 Å². The largest absolute Gasteiger partial charge is 0.456 e. The van der Waals surface area contributed by atoms with Crippen LogP contribution in [0.5, 0.6) is 0 Å². The van der Waals surface area contributed by atoms with Gasteiger partial charge in [-0.25, -0.2) is 0 Å². The Labute approximate surface area is 292 Å². The summed E-state index contributed by atoms with van der Waals surface area (Å²) >= 11 is 0. The van der Waals surface area contributed by atoms with Gasteiger partial charge in [-0.05, 0) is 59.2 Å².